The molecule has 0 aromatic heterocycles. The number of nitrogens with zero attached hydrogens (tertiary/aromatic N) is 1. The lowest BCUT2D eigenvalue weighted by Gasteiger charge is -2.27. The summed E-state index contributed by atoms with van der Waals surface area (Å²) in [5, 5.41) is 12.4. The van der Waals surface area contributed by atoms with Crippen LogP contribution in [0.15, 0.2) is 22.7 Å². The number of ether oxygens (including phenoxy) is 1. The molecule has 0 saturated carbocycles. The maximum atomic E-state index is 12.1. The molecule has 0 heterocycles. The van der Waals surface area contributed by atoms with Crippen molar-refractivity contribution < 1.29 is 14.6 Å². The molecule has 1 aromatic carbocycles. The van der Waals surface area contributed by atoms with Crippen LogP contribution in [-0.2, 0) is 4.74 Å². The Morgan fingerprint density at radius 1 is 1.39 bits per heavy atom. The van der Waals surface area contributed by atoms with Gasteiger partial charge in [-0.05, 0) is 55.3 Å². The second-order valence-electron chi connectivity index (χ2n) is 6.18. The molecule has 1 aromatic rings. The van der Waals surface area contributed by atoms with Crippen molar-refractivity contribution in [1.29, 1.82) is 0 Å². The number of nitrogens with two attached hydrogens (primary N) is 1. The largest absolute Gasteiger partial charge is 0.444 e. The van der Waals surface area contributed by atoms with Gasteiger partial charge in [0.15, 0.2) is 0 Å². The van der Waals surface area contributed by atoms with Gasteiger partial charge < -0.3 is 25.8 Å². The first kappa shape index (κ1) is 19.6. The second kappa shape index (κ2) is 8.98. The molecular weight excluding hydrogens is 362 g/mol. The standard InChI is InChI=1S/C16H26BrN3O3/c1-16(2,3)23-15(22)20(10-11-21)9-5-8-19-14-12(17)6-4-7-13(14)18/h4,6-7,19,21H,5,8-11,18H2,1-3H3. The number of aliphatic hydroxyl groups excluding tert-OH is 1. The van der Waals surface area contributed by atoms with Crippen molar-refractivity contribution in [3.8, 4) is 0 Å². The Morgan fingerprint density at radius 3 is 2.65 bits per heavy atom. The van der Waals surface area contributed by atoms with Crippen LogP contribution in [0.1, 0.15) is 27.2 Å². The summed E-state index contributed by atoms with van der Waals surface area (Å²) in [5.41, 5.74) is 6.88. The molecule has 0 unspecified atom stereocenters. The summed E-state index contributed by atoms with van der Waals surface area (Å²) in [6.07, 6.45) is 0.298. The zero-order valence-electron chi connectivity index (χ0n) is 13.9. The Balaban J connectivity index is 2.48. The van der Waals surface area contributed by atoms with Crippen molar-refractivity contribution in [2.45, 2.75) is 32.8 Å². The number of anilines is 2. The SMILES string of the molecule is CC(C)(C)OC(=O)N(CCO)CCCNc1c(N)cccc1Br. The molecule has 7 heteroatoms. The molecule has 0 aliphatic heterocycles. The van der Waals surface area contributed by atoms with Crippen LogP contribution in [0.2, 0.25) is 0 Å². The molecule has 0 saturated heterocycles. The van der Waals surface area contributed by atoms with Crippen molar-refractivity contribution in [2.24, 2.45) is 0 Å². The van der Waals surface area contributed by atoms with E-state index in [1.54, 1.807) is 0 Å². The van der Waals surface area contributed by atoms with Crippen molar-refractivity contribution >= 4 is 33.4 Å². The van der Waals surface area contributed by atoms with Gasteiger partial charge in [-0.3, -0.25) is 0 Å². The predicted octanol–water partition coefficient (Wildman–Crippen LogP) is 3.06. The number of para-hydroxylation sites is 1. The molecule has 6 nitrogen and oxygen atoms in total. The van der Waals surface area contributed by atoms with Crippen LogP contribution in [-0.4, -0.2) is 47.9 Å². The maximum absolute atomic E-state index is 12.1. The Hall–Kier alpha value is -1.47. The molecule has 130 valence electrons. The Labute approximate surface area is 146 Å². The minimum absolute atomic E-state index is 0.0934. The van der Waals surface area contributed by atoms with Gasteiger partial charge in [0, 0.05) is 24.1 Å². The van der Waals surface area contributed by atoms with Gasteiger partial charge in [-0.15, -0.1) is 0 Å². The third-order valence-electron chi connectivity index (χ3n) is 2.97. The Bertz CT molecular complexity index is 498. The van der Waals surface area contributed by atoms with Gasteiger partial charge in [-0.1, -0.05) is 6.07 Å². The summed E-state index contributed by atoms with van der Waals surface area (Å²) in [6.45, 7) is 6.76. The average molecular weight is 388 g/mol. The number of carbonyl (C=O) groups is 1. The first-order valence-electron chi connectivity index (χ1n) is 7.61. The number of carbonyl (C=O) groups excluding carboxylic acids is 1. The molecule has 0 atom stereocenters. The van der Waals surface area contributed by atoms with E-state index >= 15 is 0 Å². The number of amides is 1. The molecule has 0 bridgehead atoms. The molecular formula is C16H26BrN3O3. The second-order valence-corrected chi connectivity index (χ2v) is 7.03. The maximum Gasteiger partial charge on any atom is 0.410 e. The van der Waals surface area contributed by atoms with E-state index in [1.165, 1.54) is 4.90 Å². The fourth-order valence-electron chi connectivity index (χ4n) is 1.95. The fourth-order valence-corrected chi connectivity index (χ4v) is 2.47. The molecule has 0 fully saturated rings. The van der Waals surface area contributed by atoms with Gasteiger partial charge in [0.05, 0.1) is 18.0 Å². The van der Waals surface area contributed by atoms with Gasteiger partial charge in [0.1, 0.15) is 5.60 Å². The van der Waals surface area contributed by atoms with Gasteiger partial charge in [0.2, 0.25) is 0 Å². The number of nitrogens with one attached hydrogen (secondary N) is 1. The first-order valence-corrected chi connectivity index (χ1v) is 8.40. The summed E-state index contributed by atoms with van der Waals surface area (Å²) < 4.78 is 6.23. The van der Waals surface area contributed by atoms with Crippen molar-refractivity contribution in [3.63, 3.8) is 0 Å². The highest BCUT2D eigenvalue weighted by Gasteiger charge is 2.21. The van der Waals surface area contributed by atoms with Gasteiger partial charge in [0.25, 0.3) is 0 Å². The molecule has 23 heavy (non-hydrogen) atoms. The highest BCUT2D eigenvalue weighted by atomic mass is 79.9. The van der Waals surface area contributed by atoms with E-state index in [4.69, 9.17) is 15.6 Å². The van der Waals surface area contributed by atoms with Crippen LogP contribution in [0.3, 0.4) is 0 Å². The van der Waals surface area contributed by atoms with Gasteiger partial charge in [-0.25, -0.2) is 4.79 Å². The van der Waals surface area contributed by atoms with E-state index < -0.39 is 11.7 Å². The number of hydrogen-bond acceptors (Lipinski definition) is 5. The molecule has 0 spiro atoms. The summed E-state index contributed by atoms with van der Waals surface area (Å²) >= 11 is 3.45. The third-order valence-corrected chi connectivity index (χ3v) is 3.63. The monoisotopic (exact) mass is 387 g/mol. The molecule has 0 aliphatic rings. The number of nitrogen functional groups attached to an aromatic ring is 1. The van der Waals surface area contributed by atoms with Crippen LogP contribution in [0, 0.1) is 0 Å². The average Bonchev–Trinajstić information content (AvgIpc) is 2.42. The van der Waals surface area contributed by atoms with E-state index in [2.05, 4.69) is 21.2 Å². The van der Waals surface area contributed by atoms with E-state index in [1.807, 2.05) is 39.0 Å². The Morgan fingerprint density at radius 2 is 2.09 bits per heavy atom. The van der Waals surface area contributed by atoms with Crippen LogP contribution in [0.25, 0.3) is 0 Å². The molecule has 1 amide bonds. The minimum atomic E-state index is -0.549. The zero-order chi connectivity index (χ0) is 17.5. The number of halogens is 1. The number of hydrogen-bond donors (Lipinski definition) is 3. The lowest BCUT2D eigenvalue weighted by molar-refractivity contribution is 0.0218. The highest BCUT2D eigenvalue weighted by Crippen LogP contribution is 2.28. The lowest BCUT2D eigenvalue weighted by atomic mass is 10.2. The third kappa shape index (κ3) is 7.09. The van der Waals surface area contributed by atoms with Crippen molar-refractivity contribution in [2.75, 3.05) is 37.3 Å². The Kier molecular flexibility index (Phi) is 7.64. The fraction of sp³-hybridized carbons (Fsp3) is 0.562. The summed E-state index contributed by atoms with van der Waals surface area (Å²) in [6, 6.07) is 5.61. The zero-order valence-corrected chi connectivity index (χ0v) is 15.5. The van der Waals surface area contributed by atoms with Crippen molar-refractivity contribution in [1.82, 2.24) is 4.90 Å². The van der Waals surface area contributed by atoms with E-state index in [0.29, 0.717) is 25.2 Å². The lowest BCUT2D eigenvalue weighted by Crippen LogP contribution is -2.39. The van der Waals surface area contributed by atoms with Crippen LogP contribution >= 0.6 is 15.9 Å². The highest BCUT2D eigenvalue weighted by molar-refractivity contribution is 9.10. The van der Waals surface area contributed by atoms with Crippen LogP contribution in [0.4, 0.5) is 16.2 Å². The van der Waals surface area contributed by atoms with Crippen LogP contribution in [0.5, 0.6) is 0 Å². The topological polar surface area (TPSA) is 87.8 Å². The summed E-state index contributed by atoms with van der Waals surface area (Å²) in [7, 11) is 0. The van der Waals surface area contributed by atoms with Gasteiger partial charge in [-0.2, -0.15) is 0 Å². The molecule has 0 radical (unpaired) electrons. The van der Waals surface area contributed by atoms with Gasteiger partial charge >= 0.3 is 6.09 Å². The van der Waals surface area contributed by atoms with E-state index in [9.17, 15) is 4.79 Å². The van der Waals surface area contributed by atoms with E-state index in [-0.39, 0.29) is 13.2 Å². The van der Waals surface area contributed by atoms with E-state index in [0.717, 1.165) is 10.2 Å². The quantitative estimate of drug-likeness (QED) is 0.494. The molecule has 1 rings (SSSR count). The molecule has 4 N–H and O–H groups in total. The van der Waals surface area contributed by atoms with Crippen LogP contribution < -0.4 is 11.1 Å². The minimum Gasteiger partial charge on any atom is -0.444 e. The number of rotatable bonds is 7. The predicted molar refractivity (Wildman–Crippen MR) is 96.6 cm³/mol. The smallest absolute Gasteiger partial charge is 0.410 e. The summed E-state index contributed by atoms with van der Waals surface area (Å²) in [5.74, 6) is 0. The van der Waals surface area contributed by atoms with Crippen molar-refractivity contribution in [3.05, 3.63) is 22.7 Å². The number of aliphatic hydroxyl groups is 1. The first-order chi connectivity index (χ1) is 10.7. The molecule has 0 aliphatic carbocycles. The summed E-state index contributed by atoms with van der Waals surface area (Å²) in [4.78, 5) is 13.6. The number of benzene rings is 1. The normalized spacial score (nSPS) is 11.2.